The molecule has 90 valence electrons. The van der Waals surface area contributed by atoms with Crippen LogP contribution in [-0.4, -0.2) is 23.7 Å². The van der Waals surface area contributed by atoms with Gasteiger partial charge in [0.1, 0.15) is 0 Å². The third-order valence-electron chi connectivity index (χ3n) is 2.61. The van der Waals surface area contributed by atoms with Gasteiger partial charge in [-0.1, -0.05) is 26.0 Å². The van der Waals surface area contributed by atoms with E-state index in [0.717, 1.165) is 0 Å². The van der Waals surface area contributed by atoms with E-state index in [1.54, 1.807) is 0 Å². The fraction of sp³-hybridized carbons (Fsp3) is 0.667. The second kappa shape index (κ2) is 5.68. The highest BCUT2D eigenvalue weighted by molar-refractivity contribution is 5.81. The zero-order chi connectivity index (χ0) is 12.1. The molecule has 1 N–H and O–H groups in total. The van der Waals surface area contributed by atoms with Crippen LogP contribution < -0.4 is 0 Å². The van der Waals surface area contributed by atoms with Crippen molar-refractivity contribution < 1.29 is 19.4 Å². The Labute approximate surface area is 95.3 Å². The van der Waals surface area contributed by atoms with E-state index < -0.39 is 17.8 Å². The molecule has 4 heteroatoms. The summed E-state index contributed by atoms with van der Waals surface area (Å²) in [6, 6.07) is 0. The number of carboxylic acids is 1. The highest BCUT2D eigenvalue weighted by Gasteiger charge is 2.35. The minimum Gasteiger partial charge on any atom is -0.481 e. The summed E-state index contributed by atoms with van der Waals surface area (Å²) in [5.74, 6) is -2.20. The van der Waals surface area contributed by atoms with Crippen molar-refractivity contribution in [1.82, 2.24) is 0 Å². The first-order valence-corrected chi connectivity index (χ1v) is 5.56. The summed E-state index contributed by atoms with van der Waals surface area (Å²) < 4.78 is 5.09. The lowest BCUT2D eigenvalue weighted by Gasteiger charge is -2.23. The average Bonchev–Trinajstić information content (AvgIpc) is 2.25. The lowest BCUT2D eigenvalue weighted by Crippen LogP contribution is -2.32. The number of rotatable bonds is 4. The summed E-state index contributed by atoms with van der Waals surface area (Å²) in [7, 11) is 0. The monoisotopic (exact) mass is 226 g/mol. The zero-order valence-electron chi connectivity index (χ0n) is 9.68. The lowest BCUT2D eigenvalue weighted by atomic mass is 9.83. The van der Waals surface area contributed by atoms with Gasteiger partial charge in [0.05, 0.1) is 18.4 Å². The molecule has 0 aromatic carbocycles. The van der Waals surface area contributed by atoms with Crippen LogP contribution >= 0.6 is 0 Å². The molecule has 0 saturated heterocycles. The first kappa shape index (κ1) is 12.7. The number of carbonyl (C=O) groups excluding carboxylic acids is 1. The van der Waals surface area contributed by atoms with E-state index in [2.05, 4.69) is 0 Å². The van der Waals surface area contributed by atoms with Gasteiger partial charge >= 0.3 is 11.9 Å². The molecule has 1 aliphatic carbocycles. The predicted molar refractivity (Wildman–Crippen MR) is 58.8 cm³/mol. The second-order valence-corrected chi connectivity index (χ2v) is 4.52. The molecule has 0 bridgehead atoms. The van der Waals surface area contributed by atoms with Crippen molar-refractivity contribution in [3.8, 4) is 0 Å². The van der Waals surface area contributed by atoms with E-state index in [-0.39, 0.29) is 11.9 Å². The van der Waals surface area contributed by atoms with E-state index in [4.69, 9.17) is 9.84 Å². The molecule has 2 atom stereocenters. The van der Waals surface area contributed by atoms with E-state index >= 15 is 0 Å². The largest absolute Gasteiger partial charge is 0.481 e. The fourth-order valence-electron chi connectivity index (χ4n) is 1.70. The highest BCUT2D eigenvalue weighted by Crippen LogP contribution is 2.27. The Morgan fingerprint density at radius 2 is 1.88 bits per heavy atom. The van der Waals surface area contributed by atoms with Crippen molar-refractivity contribution in [2.24, 2.45) is 17.8 Å². The molecular formula is C12H18O4. The van der Waals surface area contributed by atoms with E-state index in [1.807, 2.05) is 26.0 Å². The van der Waals surface area contributed by atoms with Crippen molar-refractivity contribution in [2.45, 2.75) is 26.7 Å². The number of esters is 1. The summed E-state index contributed by atoms with van der Waals surface area (Å²) in [5.41, 5.74) is 0. The minimum absolute atomic E-state index is 0.270. The number of carboxylic acid groups (broad SMARTS) is 1. The molecule has 0 amide bonds. The molecule has 0 aliphatic heterocycles. The van der Waals surface area contributed by atoms with Crippen molar-refractivity contribution in [2.75, 3.05) is 6.61 Å². The van der Waals surface area contributed by atoms with E-state index in [9.17, 15) is 9.59 Å². The van der Waals surface area contributed by atoms with Gasteiger partial charge in [-0.05, 0) is 18.8 Å². The standard InChI is InChI=1S/C12H18O4/c1-8(2)7-16-12(15)10-6-4-3-5-9(10)11(13)14/h3-4,8-10H,5-7H2,1-2H3,(H,13,14). The van der Waals surface area contributed by atoms with Crippen LogP contribution in [0.4, 0.5) is 0 Å². The van der Waals surface area contributed by atoms with Gasteiger partial charge in [0, 0.05) is 0 Å². The van der Waals surface area contributed by atoms with Crippen LogP contribution in [0.1, 0.15) is 26.7 Å². The SMILES string of the molecule is CC(C)COC(=O)C1CC=CCC1C(=O)O. The molecule has 0 aromatic heterocycles. The summed E-state index contributed by atoms with van der Waals surface area (Å²) in [6.07, 6.45) is 4.54. The van der Waals surface area contributed by atoms with Crippen molar-refractivity contribution in [3.63, 3.8) is 0 Å². The molecular weight excluding hydrogens is 208 g/mol. The predicted octanol–water partition coefficient (Wildman–Crippen LogP) is 1.85. The van der Waals surface area contributed by atoms with Gasteiger partial charge in [0.25, 0.3) is 0 Å². The summed E-state index contributed by atoms with van der Waals surface area (Å²) in [6.45, 7) is 4.25. The van der Waals surface area contributed by atoms with Crippen LogP contribution in [0.25, 0.3) is 0 Å². The first-order chi connectivity index (χ1) is 7.52. The van der Waals surface area contributed by atoms with Crippen LogP contribution in [0.5, 0.6) is 0 Å². The van der Waals surface area contributed by atoms with E-state index in [0.29, 0.717) is 19.4 Å². The average molecular weight is 226 g/mol. The van der Waals surface area contributed by atoms with E-state index in [1.165, 1.54) is 0 Å². The Bertz CT molecular complexity index is 293. The maximum atomic E-state index is 11.7. The Morgan fingerprint density at radius 3 is 2.38 bits per heavy atom. The summed E-state index contributed by atoms with van der Waals surface area (Å²) >= 11 is 0. The normalized spacial score (nSPS) is 24.4. The Morgan fingerprint density at radius 1 is 1.31 bits per heavy atom. The zero-order valence-corrected chi connectivity index (χ0v) is 9.68. The van der Waals surface area contributed by atoms with Crippen molar-refractivity contribution >= 4 is 11.9 Å². The lowest BCUT2D eigenvalue weighted by molar-refractivity contribution is -0.158. The molecule has 0 aromatic rings. The molecule has 1 aliphatic rings. The number of allylic oxidation sites excluding steroid dienone is 2. The third-order valence-corrected chi connectivity index (χ3v) is 2.61. The minimum atomic E-state index is -0.921. The van der Waals surface area contributed by atoms with Crippen molar-refractivity contribution in [3.05, 3.63) is 12.2 Å². The maximum absolute atomic E-state index is 11.7. The van der Waals surface area contributed by atoms with Crippen LogP contribution in [0.15, 0.2) is 12.2 Å². The molecule has 0 fully saturated rings. The summed E-state index contributed by atoms with van der Waals surface area (Å²) in [4.78, 5) is 22.7. The molecule has 0 radical (unpaired) electrons. The Kier molecular flexibility index (Phi) is 4.52. The smallest absolute Gasteiger partial charge is 0.310 e. The topological polar surface area (TPSA) is 63.6 Å². The first-order valence-electron chi connectivity index (χ1n) is 5.56. The van der Waals surface area contributed by atoms with Crippen LogP contribution in [0.3, 0.4) is 0 Å². The Balaban J connectivity index is 2.58. The van der Waals surface area contributed by atoms with Gasteiger partial charge in [-0.15, -0.1) is 0 Å². The van der Waals surface area contributed by atoms with Gasteiger partial charge in [0.15, 0.2) is 0 Å². The number of hydrogen-bond acceptors (Lipinski definition) is 3. The van der Waals surface area contributed by atoms with Gasteiger partial charge in [-0.3, -0.25) is 9.59 Å². The number of ether oxygens (including phenoxy) is 1. The van der Waals surface area contributed by atoms with Gasteiger partial charge in [-0.2, -0.15) is 0 Å². The number of hydrogen-bond donors (Lipinski definition) is 1. The highest BCUT2D eigenvalue weighted by atomic mass is 16.5. The van der Waals surface area contributed by atoms with Gasteiger partial charge in [-0.25, -0.2) is 0 Å². The maximum Gasteiger partial charge on any atom is 0.310 e. The van der Waals surface area contributed by atoms with Crippen LogP contribution in [0.2, 0.25) is 0 Å². The van der Waals surface area contributed by atoms with Crippen LogP contribution in [-0.2, 0) is 14.3 Å². The molecule has 4 nitrogen and oxygen atoms in total. The van der Waals surface area contributed by atoms with Gasteiger partial charge < -0.3 is 9.84 Å². The number of carbonyl (C=O) groups is 2. The molecule has 0 spiro atoms. The Hall–Kier alpha value is -1.32. The molecule has 0 saturated carbocycles. The quantitative estimate of drug-likeness (QED) is 0.587. The second-order valence-electron chi connectivity index (χ2n) is 4.52. The van der Waals surface area contributed by atoms with Crippen LogP contribution in [0, 0.1) is 17.8 Å². The summed E-state index contributed by atoms with van der Waals surface area (Å²) in [5, 5.41) is 8.99. The fourth-order valence-corrected chi connectivity index (χ4v) is 1.70. The van der Waals surface area contributed by atoms with Gasteiger partial charge in [0.2, 0.25) is 0 Å². The molecule has 16 heavy (non-hydrogen) atoms. The van der Waals surface area contributed by atoms with Crippen molar-refractivity contribution in [1.29, 1.82) is 0 Å². The molecule has 0 heterocycles. The third kappa shape index (κ3) is 3.36. The molecule has 2 unspecified atom stereocenters. The number of aliphatic carboxylic acids is 1. The molecule has 1 rings (SSSR count).